The van der Waals surface area contributed by atoms with Crippen molar-refractivity contribution in [1.82, 2.24) is 0 Å². The highest BCUT2D eigenvalue weighted by Crippen LogP contribution is 2.17. The van der Waals surface area contributed by atoms with Crippen LogP contribution in [-0.2, 0) is 11.2 Å². The Morgan fingerprint density at radius 3 is 2.75 bits per heavy atom. The molecule has 1 atom stereocenters. The first-order valence-corrected chi connectivity index (χ1v) is 5.76. The van der Waals surface area contributed by atoms with Crippen LogP contribution in [0.5, 0.6) is 5.75 Å². The quantitative estimate of drug-likeness (QED) is 0.809. The van der Waals surface area contributed by atoms with E-state index in [0.29, 0.717) is 18.0 Å². The van der Waals surface area contributed by atoms with Crippen LogP contribution in [0.25, 0.3) is 0 Å². The van der Waals surface area contributed by atoms with Crippen molar-refractivity contribution in [1.29, 1.82) is 0 Å². The molecule has 4 heteroatoms. The fraction of sp³-hybridized carbons (Fsp3) is 0.417. The SMILES string of the molecule is NC(=S)Cc1ccc(OC2CCOC2)cc1. The standard InChI is InChI=1S/C12H15NO2S/c13-12(16)7-9-1-3-10(4-2-9)15-11-5-6-14-8-11/h1-4,11H,5-8H2,(H2,13,16). The van der Waals surface area contributed by atoms with Gasteiger partial charge in [-0.2, -0.15) is 0 Å². The van der Waals surface area contributed by atoms with Gasteiger partial charge < -0.3 is 15.2 Å². The molecule has 16 heavy (non-hydrogen) atoms. The molecule has 86 valence electrons. The zero-order valence-electron chi connectivity index (χ0n) is 9.02. The highest BCUT2D eigenvalue weighted by Gasteiger charge is 2.16. The summed E-state index contributed by atoms with van der Waals surface area (Å²) < 4.78 is 11.0. The van der Waals surface area contributed by atoms with Gasteiger partial charge in [-0.15, -0.1) is 0 Å². The molecule has 0 bridgehead atoms. The van der Waals surface area contributed by atoms with Gasteiger partial charge in [-0.05, 0) is 17.7 Å². The monoisotopic (exact) mass is 237 g/mol. The summed E-state index contributed by atoms with van der Waals surface area (Å²) in [4.78, 5) is 0.512. The lowest BCUT2D eigenvalue weighted by molar-refractivity contribution is 0.141. The summed E-state index contributed by atoms with van der Waals surface area (Å²) in [7, 11) is 0. The van der Waals surface area contributed by atoms with Gasteiger partial charge in [0.2, 0.25) is 0 Å². The van der Waals surface area contributed by atoms with Gasteiger partial charge in [0.05, 0.1) is 18.2 Å². The van der Waals surface area contributed by atoms with Crippen molar-refractivity contribution in [2.75, 3.05) is 13.2 Å². The van der Waals surface area contributed by atoms with E-state index in [1.54, 1.807) is 0 Å². The third-order valence-corrected chi connectivity index (χ3v) is 2.64. The van der Waals surface area contributed by atoms with Gasteiger partial charge in [-0.25, -0.2) is 0 Å². The Labute approximate surface area is 101 Å². The minimum absolute atomic E-state index is 0.196. The lowest BCUT2D eigenvalue weighted by Crippen LogP contribution is -2.15. The van der Waals surface area contributed by atoms with Crippen molar-refractivity contribution < 1.29 is 9.47 Å². The number of hydrogen-bond acceptors (Lipinski definition) is 3. The van der Waals surface area contributed by atoms with Crippen molar-refractivity contribution in [3.63, 3.8) is 0 Å². The molecule has 2 N–H and O–H groups in total. The van der Waals surface area contributed by atoms with E-state index in [4.69, 9.17) is 27.4 Å². The van der Waals surface area contributed by atoms with Crippen LogP contribution < -0.4 is 10.5 Å². The summed E-state index contributed by atoms with van der Waals surface area (Å²) in [5, 5.41) is 0. The van der Waals surface area contributed by atoms with Crippen molar-refractivity contribution >= 4 is 17.2 Å². The third-order valence-electron chi connectivity index (χ3n) is 2.49. The van der Waals surface area contributed by atoms with Gasteiger partial charge >= 0.3 is 0 Å². The molecule has 1 aliphatic heterocycles. The maximum atomic E-state index is 5.75. The highest BCUT2D eigenvalue weighted by molar-refractivity contribution is 7.80. The average molecular weight is 237 g/mol. The van der Waals surface area contributed by atoms with E-state index >= 15 is 0 Å². The molecule has 0 radical (unpaired) electrons. The number of benzene rings is 1. The Balaban J connectivity index is 1.93. The fourth-order valence-electron chi connectivity index (χ4n) is 1.69. The summed E-state index contributed by atoms with van der Waals surface area (Å²) in [6.07, 6.45) is 1.80. The molecular weight excluding hydrogens is 222 g/mol. The molecule has 1 heterocycles. The molecule has 0 amide bonds. The summed E-state index contributed by atoms with van der Waals surface area (Å²) in [6, 6.07) is 7.88. The summed E-state index contributed by atoms with van der Waals surface area (Å²) in [5.41, 5.74) is 6.59. The highest BCUT2D eigenvalue weighted by atomic mass is 32.1. The zero-order chi connectivity index (χ0) is 11.4. The summed E-state index contributed by atoms with van der Waals surface area (Å²) in [6.45, 7) is 1.48. The van der Waals surface area contributed by atoms with Crippen LogP contribution >= 0.6 is 12.2 Å². The Morgan fingerprint density at radius 1 is 1.44 bits per heavy atom. The third kappa shape index (κ3) is 3.18. The normalized spacial score (nSPS) is 19.6. The van der Waals surface area contributed by atoms with Gasteiger partial charge in [-0.3, -0.25) is 0 Å². The predicted molar refractivity (Wildman–Crippen MR) is 66.8 cm³/mol. The molecule has 1 unspecified atom stereocenters. The molecular formula is C12H15NO2S. The first-order chi connectivity index (χ1) is 7.74. The fourth-order valence-corrected chi connectivity index (χ4v) is 1.85. The first-order valence-electron chi connectivity index (χ1n) is 5.35. The second-order valence-corrected chi connectivity index (χ2v) is 4.41. The molecule has 0 spiro atoms. The second kappa shape index (κ2) is 5.27. The molecule has 1 aromatic rings. The van der Waals surface area contributed by atoms with Gasteiger partial charge in [0, 0.05) is 12.8 Å². The van der Waals surface area contributed by atoms with Gasteiger partial charge in [0.15, 0.2) is 0 Å². The molecule has 0 aromatic heterocycles. The van der Waals surface area contributed by atoms with Crippen LogP contribution in [0.15, 0.2) is 24.3 Å². The van der Waals surface area contributed by atoms with E-state index in [-0.39, 0.29) is 6.10 Å². The first kappa shape index (κ1) is 11.4. The molecule has 2 rings (SSSR count). The van der Waals surface area contributed by atoms with Gasteiger partial charge in [0.25, 0.3) is 0 Å². The average Bonchev–Trinajstić information content (AvgIpc) is 2.73. The van der Waals surface area contributed by atoms with Crippen molar-refractivity contribution in [3.8, 4) is 5.75 Å². The van der Waals surface area contributed by atoms with Crippen LogP contribution in [0.4, 0.5) is 0 Å². The Kier molecular flexibility index (Phi) is 3.74. The van der Waals surface area contributed by atoms with E-state index in [1.165, 1.54) is 0 Å². The van der Waals surface area contributed by atoms with E-state index in [2.05, 4.69) is 0 Å². The van der Waals surface area contributed by atoms with Gasteiger partial charge in [-0.1, -0.05) is 24.4 Å². The van der Waals surface area contributed by atoms with Crippen LogP contribution in [0.1, 0.15) is 12.0 Å². The van der Waals surface area contributed by atoms with E-state index in [1.807, 2.05) is 24.3 Å². The molecule has 1 aromatic carbocycles. The summed E-state index contributed by atoms with van der Waals surface area (Å²) >= 11 is 4.86. The van der Waals surface area contributed by atoms with Crippen LogP contribution in [0.2, 0.25) is 0 Å². The number of nitrogens with two attached hydrogens (primary N) is 1. The van der Waals surface area contributed by atoms with E-state index < -0.39 is 0 Å². The lowest BCUT2D eigenvalue weighted by Gasteiger charge is -2.11. The van der Waals surface area contributed by atoms with E-state index in [9.17, 15) is 0 Å². The van der Waals surface area contributed by atoms with Crippen molar-refractivity contribution in [2.24, 2.45) is 5.73 Å². The Hall–Kier alpha value is -1.13. The smallest absolute Gasteiger partial charge is 0.124 e. The summed E-state index contributed by atoms with van der Waals surface area (Å²) in [5.74, 6) is 0.877. The van der Waals surface area contributed by atoms with E-state index in [0.717, 1.165) is 24.3 Å². The van der Waals surface area contributed by atoms with Gasteiger partial charge in [0.1, 0.15) is 11.9 Å². The number of ether oxygens (including phenoxy) is 2. The number of hydrogen-bond donors (Lipinski definition) is 1. The van der Waals surface area contributed by atoms with Crippen molar-refractivity contribution in [3.05, 3.63) is 29.8 Å². The number of rotatable bonds is 4. The molecule has 3 nitrogen and oxygen atoms in total. The molecule has 1 fully saturated rings. The zero-order valence-corrected chi connectivity index (χ0v) is 9.83. The minimum Gasteiger partial charge on any atom is -0.488 e. The van der Waals surface area contributed by atoms with Crippen LogP contribution in [0.3, 0.4) is 0 Å². The van der Waals surface area contributed by atoms with Crippen molar-refractivity contribution in [2.45, 2.75) is 18.9 Å². The molecule has 0 saturated carbocycles. The maximum Gasteiger partial charge on any atom is 0.124 e. The Bertz CT molecular complexity index is 358. The largest absolute Gasteiger partial charge is 0.488 e. The molecule has 1 aliphatic rings. The van der Waals surface area contributed by atoms with Crippen LogP contribution in [-0.4, -0.2) is 24.3 Å². The number of thiocarbonyl (C=S) groups is 1. The molecule has 1 saturated heterocycles. The predicted octanol–water partition coefficient (Wildman–Crippen LogP) is 1.68. The molecule has 0 aliphatic carbocycles. The maximum absolute atomic E-state index is 5.75. The second-order valence-electron chi connectivity index (χ2n) is 3.89. The minimum atomic E-state index is 0.196. The van der Waals surface area contributed by atoms with Crippen LogP contribution in [0, 0.1) is 0 Å². The lowest BCUT2D eigenvalue weighted by atomic mass is 10.1. The Morgan fingerprint density at radius 2 is 2.19 bits per heavy atom. The topological polar surface area (TPSA) is 44.5 Å².